The maximum absolute atomic E-state index is 13.3. The van der Waals surface area contributed by atoms with E-state index < -0.39 is 11.9 Å². The first-order valence-electron chi connectivity index (χ1n) is 8.48. The summed E-state index contributed by atoms with van der Waals surface area (Å²) in [6.07, 6.45) is 0.870. The zero-order valence-electron chi connectivity index (χ0n) is 14.1. The SMILES string of the molecule is FC(F)(F)c1cc(Sc2nnc3n2CCCCC3)nc(-c2ccccn2)n1. The van der Waals surface area contributed by atoms with Crippen LogP contribution in [0.2, 0.25) is 0 Å². The van der Waals surface area contributed by atoms with Crippen molar-refractivity contribution in [3.05, 3.63) is 42.0 Å². The first kappa shape index (κ1) is 17.9. The second-order valence-electron chi connectivity index (χ2n) is 6.09. The Hall–Kier alpha value is -2.49. The van der Waals surface area contributed by atoms with Crippen molar-refractivity contribution >= 4 is 11.8 Å². The second-order valence-corrected chi connectivity index (χ2v) is 7.08. The molecule has 3 aromatic heterocycles. The number of halogens is 3. The minimum atomic E-state index is -4.58. The van der Waals surface area contributed by atoms with Crippen LogP contribution in [0.25, 0.3) is 11.5 Å². The van der Waals surface area contributed by atoms with Crippen molar-refractivity contribution in [1.29, 1.82) is 0 Å². The highest BCUT2D eigenvalue weighted by molar-refractivity contribution is 7.99. The van der Waals surface area contributed by atoms with Gasteiger partial charge in [0.25, 0.3) is 0 Å². The standard InChI is InChI=1S/C17H15F3N6S/c18-17(19,20)12-10-14(23-15(22-12)11-6-3-4-8-21-11)27-16-25-24-13-7-2-1-5-9-26(13)16/h3-4,6,8,10H,1-2,5,7,9H2. The van der Waals surface area contributed by atoms with Gasteiger partial charge in [0.2, 0.25) is 0 Å². The van der Waals surface area contributed by atoms with Crippen molar-refractivity contribution in [2.45, 2.75) is 48.6 Å². The molecular weight excluding hydrogens is 377 g/mol. The fourth-order valence-electron chi connectivity index (χ4n) is 2.86. The molecule has 0 fully saturated rings. The Kier molecular flexibility index (Phi) is 4.81. The minimum Gasteiger partial charge on any atom is -0.306 e. The number of aromatic nitrogens is 6. The van der Waals surface area contributed by atoms with E-state index in [4.69, 9.17) is 0 Å². The summed E-state index contributed by atoms with van der Waals surface area (Å²) in [5.74, 6) is 0.800. The van der Waals surface area contributed by atoms with Crippen LogP contribution in [0, 0.1) is 0 Å². The summed E-state index contributed by atoms with van der Waals surface area (Å²) < 4.78 is 41.9. The van der Waals surface area contributed by atoms with Crippen molar-refractivity contribution in [2.24, 2.45) is 0 Å². The van der Waals surface area contributed by atoms with Gasteiger partial charge in [0.05, 0.1) is 0 Å². The summed E-state index contributed by atoms with van der Waals surface area (Å²) in [7, 11) is 0. The number of nitrogens with zero attached hydrogens (tertiary/aromatic N) is 6. The Bertz CT molecular complexity index is 942. The predicted octanol–water partition coefficient (Wildman–Crippen LogP) is 4.03. The molecule has 0 bridgehead atoms. The lowest BCUT2D eigenvalue weighted by atomic mass is 10.2. The fraction of sp³-hybridized carbons (Fsp3) is 0.353. The van der Waals surface area contributed by atoms with Crippen LogP contribution in [0.15, 0.2) is 40.6 Å². The third-order valence-electron chi connectivity index (χ3n) is 4.16. The fourth-order valence-corrected chi connectivity index (χ4v) is 3.74. The van der Waals surface area contributed by atoms with E-state index >= 15 is 0 Å². The lowest BCUT2D eigenvalue weighted by molar-refractivity contribution is -0.141. The van der Waals surface area contributed by atoms with Gasteiger partial charge in [-0.15, -0.1) is 10.2 Å². The third-order valence-corrected chi connectivity index (χ3v) is 5.06. The number of pyridine rings is 1. The molecule has 0 saturated carbocycles. The molecule has 0 N–H and O–H groups in total. The summed E-state index contributed by atoms with van der Waals surface area (Å²) in [5.41, 5.74) is -0.721. The highest BCUT2D eigenvalue weighted by Crippen LogP contribution is 2.34. The number of hydrogen-bond acceptors (Lipinski definition) is 6. The number of fused-ring (bicyclic) bond motifs is 1. The molecule has 0 spiro atoms. The largest absolute Gasteiger partial charge is 0.433 e. The Balaban J connectivity index is 1.73. The normalized spacial score (nSPS) is 14.6. The molecule has 0 saturated heterocycles. The van der Waals surface area contributed by atoms with Gasteiger partial charge in [0, 0.05) is 25.2 Å². The van der Waals surface area contributed by atoms with Crippen molar-refractivity contribution in [3.8, 4) is 11.5 Å². The molecule has 0 radical (unpaired) electrons. The zero-order valence-corrected chi connectivity index (χ0v) is 15.0. The average molecular weight is 392 g/mol. The molecule has 140 valence electrons. The summed E-state index contributed by atoms with van der Waals surface area (Å²) in [4.78, 5) is 12.0. The molecule has 0 amide bonds. The molecule has 27 heavy (non-hydrogen) atoms. The maximum atomic E-state index is 13.3. The predicted molar refractivity (Wildman–Crippen MR) is 92.0 cm³/mol. The summed E-state index contributed by atoms with van der Waals surface area (Å²) in [5, 5.41) is 9.04. The van der Waals surface area contributed by atoms with Crippen LogP contribution in [0.5, 0.6) is 0 Å². The van der Waals surface area contributed by atoms with Crippen LogP contribution in [-0.2, 0) is 19.1 Å². The molecule has 0 unspecified atom stereocenters. The molecule has 4 heterocycles. The Morgan fingerprint density at radius 1 is 1.04 bits per heavy atom. The Morgan fingerprint density at radius 3 is 2.70 bits per heavy atom. The van der Waals surface area contributed by atoms with Crippen molar-refractivity contribution in [2.75, 3.05) is 0 Å². The highest BCUT2D eigenvalue weighted by atomic mass is 32.2. The van der Waals surface area contributed by atoms with Gasteiger partial charge < -0.3 is 4.57 Å². The van der Waals surface area contributed by atoms with E-state index in [0.29, 0.717) is 5.16 Å². The molecule has 10 heteroatoms. The van der Waals surface area contributed by atoms with Crippen LogP contribution in [-0.4, -0.2) is 29.7 Å². The highest BCUT2D eigenvalue weighted by Gasteiger charge is 2.34. The number of hydrogen-bond donors (Lipinski definition) is 0. The number of rotatable bonds is 3. The van der Waals surface area contributed by atoms with Crippen molar-refractivity contribution in [1.82, 2.24) is 29.7 Å². The Morgan fingerprint density at radius 2 is 1.93 bits per heavy atom. The Labute approximate surface area is 157 Å². The van der Waals surface area contributed by atoms with Gasteiger partial charge in [-0.25, -0.2) is 9.97 Å². The quantitative estimate of drug-likeness (QED) is 0.627. The van der Waals surface area contributed by atoms with E-state index in [-0.39, 0.29) is 16.5 Å². The molecule has 0 aromatic carbocycles. The number of alkyl halides is 3. The van der Waals surface area contributed by atoms with E-state index in [1.54, 1.807) is 18.2 Å². The smallest absolute Gasteiger partial charge is 0.306 e. The second kappa shape index (κ2) is 7.26. The van der Waals surface area contributed by atoms with Gasteiger partial charge in [-0.05, 0) is 36.7 Å². The molecule has 1 aliphatic rings. The lowest BCUT2D eigenvalue weighted by Gasteiger charge is -2.10. The third kappa shape index (κ3) is 3.95. The van der Waals surface area contributed by atoms with E-state index in [2.05, 4.69) is 25.1 Å². The average Bonchev–Trinajstić information content (AvgIpc) is 2.88. The van der Waals surface area contributed by atoms with Gasteiger partial charge >= 0.3 is 6.18 Å². The molecule has 0 aliphatic carbocycles. The summed E-state index contributed by atoms with van der Waals surface area (Å²) in [6, 6.07) is 5.87. The monoisotopic (exact) mass is 392 g/mol. The van der Waals surface area contributed by atoms with Gasteiger partial charge in [-0.3, -0.25) is 4.98 Å². The molecule has 3 aromatic rings. The minimum absolute atomic E-state index is 0.0662. The van der Waals surface area contributed by atoms with E-state index in [1.165, 1.54) is 6.20 Å². The topological polar surface area (TPSA) is 69.4 Å². The molecule has 4 rings (SSSR count). The molecular formula is C17H15F3N6S. The lowest BCUT2D eigenvalue weighted by Crippen LogP contribution is -2.10. The van der Waals surface area contributed by atoms with Crippen LogP contribution in [0.4, 0.5) is 13.2 Å². The van der Waals surface area contributed by atoms with Crippen LogP contribution < -0.4 is 0 Å². The van der Waals surface area contributed by atoms with E-state index in [0.717, 1.165) is 55.9 Å². The molecule has 1 aliphatic heterocycles. The summed E-state index contributed by atoms with van der Waals surface area (Å²) >= 11 is 1.07. The summed E-state index contributed by atoms with van der Waals surface area (Å²) in [6.45, 7) is 0.759. The molecule has 0 atom stereocenters. The first-order valence-corrected chi connectivity index (χ1v) is 9.30. The zero-order chi connectivity index (χ0) is 18.9. The van der Waals surface area contributed by atoms with Crippen LogP contribution in [0.1, 0.15) is 30.8 Å². The van der Waals surface area contributed by atoms with E-state index in [9.17, 15) is 13.2 Å². The van der Waals surface area contributed by atoms with E-state index in [1.807, 2.05) is 4.57 Å². The van der Waals surface area contributed by atoms with Gasteiger partial charge in [0.1, 0.15) is 22.2 Å². The maximum Gasteiger partial charge on any atom is 0.433 e. The first-order chi connectivity index (χ1) is 13.0. The van der Waals surface area contributed by atoms with Gasteiger partial charge in [0.15, 0.2) is 11.0 Å². The van der Waals surface area contributed by atoms with Gasteiger partial charge in [-0.2, -0.15) is 13.2 Å². The van der Waals surface area contributed by atoms with Crippen LogP contribution >= 0.6 is 11.8 Å². The van der Waals surface area contributed by atoms with Crippen LogP contribution in [0.3, 0.4) is 0 Å². The van der Waals surface area contributed by atoms with Crippen molar-refractivity contribution in [3.63, 3.8) is 0 Å². The van der Waals surface area contributed by atoms with Crippen molar-refractivity contribution < 1.29 is 13.2 Å². The number of aryl methyl sites for hydroxylation is 1. The van der Waals surface area contributed by atoms with Gasteiger partial charge in [-0.1, -0.05) is 12.5 Å². The molecule has 6 nitrogen and oxygen atoms in total.